The molecule has 4 rings (SSSR count). The summed E-state index contributed by atoms with van der Waals surface area (Å²) in [7, 11) is -9.27. The zero-order valence-electron chi connectivity index (χ0n) is 17.2. The number of hydrogen-bond donors (Lipinski definition) is 5. The van der Waals surface area contributed by atoms with Gasteiger partial charge in [-0.1, -0.05) is 23.3 Å². The van der Waals surface area contributed by atoms with Crippen LogP contribution in [0.3, 0.4) is 0 Å². The molecule has 2 amide bonds. The number of quaternary nitrogens is 2. The summed E-state index contributed by atoms with van der Waals surface area (Å²) in [6, 6.07) is 0. The third-order valence-corrected chi connectivity index (χ3v) is 8.10. The molecule has 186 valence electrons. The molecule has 2 spiro atoms. The molecule has 2 fully saturated rings. The largest absolute Gasteiger partial charge is 0.476 e. The fourth-order valence-electron chi connectivity index (χ4n) is 3.89. The van der Waals surface area contributed by atoms with Gasteiger partial charge in [-0.05, 0) is 12.2 Å². The average Bonchev–Trinajstić information content (AvgIpc) is 3.58. The fraction of sp³-hybridized carbons (Fsp3) is 0.235. The van der Waals surface area contributed by atoms with Crippen molar-refractivity contribution in [2.45, 2.75) is 10.7 Å². The molecule has 0 aliphatic carbocycles. The van der Waals surface area contributed by atoms with Gasteiger partial charge in [-0.15, -0.1) is 9.18 Å². The maximum absolute atomic E-state index is 12.6. The molecule has 0 aromatic heterocycles. The van der Waals surface area contributed by atoms with Gasteiger partial charge in [0.1, 0.15) is 11.1 Å². The molecule has 0 radical (unpaired) electrons. The Morgan fingerprint density at radius 1 is 0.914 bits per heavy atom. The molecule has 16 nitrogen and oxygen atoms in total. The summed E-state index contributed by atoms with van der Waals surface area (Å²) < 4.78 is 61.6. The van der Waals surface area contributed by atoms with E-state index in [-0.39, 0.29) is 6.54 Å². The lowest BCUT2D eigenvalue weighted by atomic mass is 10.1. The van der Waals surface area contributed by atoms with Crippen molar-refractivity contribution in [1.82, 2.24) is 5.43 Å². The lowest BCUT2D eigenvalue weighted by Gasteiger charge is -2.09. The van der Waals surface area contributed by atoms with Crippen LogP contribution in [0.15, 0.2) is 52.3 Å². The van der Waals surface area contributed by atoms with Crippen LogP contribution in [0.5, 0.6) is 0 Å². The van der Waals surface area contributed by atoms with Crippen LogP contribution in [0.25, 0.3) is 0 Å². The fourth-order valence-corrected chi connectivity index (χ4v) is 5.92. The normalized spacial score (nSPS) is 33.4. The van der Waals surface area contributed by atoms with Crippen LogP contribution >= 0.6 is 0 Å². The standard InChI is InChI=1S/C17H14N4O12S2/c22-14-8(12(16(24)25)18-20(14)6-10(20)34(28,29)30)4-2-1-3-5-9-13(17(26)27)19-21(15(9)23)7-11(21)35(31,32)33/h1-5,10-11H,6-7H2,(H3-2,18,19,22,23,24,25,26,27,28,29,30,31,32,33)/p+2. The Morgan fingerprint density at radius 2 is 1.54 bits per heavy atom. The van der Waals surface area contributed by atoms with Crippen molar-refractivity contribution in [2.75, 3.05) is 13.1 Å². The quantitative estimate of drug-likeness (QED) is 0.0748. The van der Waals surface area contributed by atoms with Crippen LogP contribution in [0.1, 0.15) is 0 Å². The van der Waals surface area contributed by atoms with Gasteiger partial charge in [0, 0.05) is 0 Å². The highest BCUT2D eigenvalue weighted by Gasteiger charge is 2.74. The van der Waals surface area contributed by atoms with E-state index in [2.05, 4.69) is 10.5 Å². The van der Waals surface area contributed by atoms with Gasteiger partial charge in [-0.25, -0.2) is 24.6 Å². The van der Waals surface area contributed by atoms with Gasteiger partial charge in [0.05, 0.1) is 0 Å². The number of carbonyl (C=O) groups is 4. The maximum Gasteiger partial charge on any atom is 0.376 e. The van der Waals surface area contributed by atoms with Crippen LogP contribution in [0.4, 0.5) is 0 Å². The lowest BCUT2D eigenvalue weighted by molar-refractivity contribution is -0.762. The predicted molar refractivity (Wildman–Crippen MR) is 110 cm³/mol. The van der Waals surface area contributed by atoms with Gasteiger partial charge in [0.2, 0.25) is 5.71 Å². The molecule has 4 unspecified atom stereocenters. The molecule has 0 aromatic rings. The summed E-state index contributed by atoms with van der Waals surface area (Å²) >= 11 is 0. The monoisotopic (exact) mass is 532 g/mol. The van der Waals surface area contributed by atoms with E-state index in [1.54, 1.807) is 0 Å². The highest BCUT2D eigenvalue weighted by molar-refractivity contribution is 7.86. The molecule has 35 heavy (non-hydrogen) atoms. The van der Waals surface area contributed by atoms with Gasteiger partial charge in [0.25, 0.3) is 10.7 Å². The second-order valence-electron chi connectivity index (χ2n) is 7.89. The van der Waals surface area contributed by atoms with E-state index < -0.39 is 93.0 Å². The smallest absolute Gasteiger partial charge is 0.376 e. The summed E-state index contributed by atoms with van der Waals surface area (Å²) in [4.78, 5) is 48.1. The molecule has 0 bridgehead atoms. The molecule has 4 aliphatic rings. The second kappa shape index (κ2) is 7.47. The first-order chi connectivity index (χ1) is 16.1. The molecule has 4 heterocycles. The lowest BCUT2D eigenvalue weighted by Crippen LogP contribution is -2.44. The zero-order chi connectivity index (χ0) is 26.1. The van der Waals surface area contributed by atoms with E-state index >= 15 is 0 Å². The van der Waals surface area contributed by atoms with Gasteiger partial charge < -0.3 is 10.2 Å². The van der Waals surface area contributed by atoms with Crippen molar-refractivity contribution in [3.8, 4) is 0 Å². The van der Waals surface area contributed by atoms with E-state index in [0.717, 1.165) is 24.3 Å². The zero-order valence-corrected chi connectivity index (χ0v) is 18.8. The number of nitrogens with one attached hydrogen (secondary N) is 1. The molecule has 4 atom stereocenters. The topological polar surface area (TPSA) is 242 Å². The number of nitrogens with zero attached hydrogens (tertiary/aromatic N) is 3. The summed E-state index contributed by atoms with van der Waals surface area (Å²) in [6.45, 7) is -0.807. The molecular weight excluding hydrogens is 516 g/mol. The second-order valence-corrected chi connectivity index (χ2v) is 11.0. The van der Waals surface area contributed by atoms with E-state index in [1.165, 1.54) is 6.08 Å². The van der Waals surface area contributed by atoms with Crippen LogP contribution in [-0.2, 0) is 39.4 Å². The summed E-state index contributed by atoms with van der Waals surface area (Å²) in [5, 5.41) is 19.1. The highest BCUT2D eigenvalue weighted by atomic mass is 32.2. The summed E-state index contributed by atoms with van der Waals surface area (Å²) in [5.74, 6) is -5.04. The Labute approximate surface area is 196 Å². The van der Waals surface area contributed by atoms with Gasteiger partial charge in [0.15, 0.2) is 18.8 Å². The Balaban J connectivity index is 1.55. The van der Waals surface area contributed by atoms with Gasteiger partial charge in [-0.2, -0.15) is 16.8 Å². The van der Waals surface area contributed by atoms with E-state index in [9.17, 15) is 50.8 Å². The van der Waals surface area contributed by atoms with Crippen LogP contribution in [-0.4, -0.2) is 98.6 Å². The minimum Gasteiger partial charge on any atom is -0.476 e. The molecular formula is C17H16N4O12S2+2. The Kier molecular flexibility index (Phi) is 5.25. The number of aliphatic carboxylic acids is 2. The minimum atomic E-state index is -4.65. The van der Waals surface area contributed by atoms with E-state index in [1.807, 2.05) is 0 Å². The molecule has 0 saturated carbocycles. The molecule has 2 saturated heterocycles. The Hall–Kier alpha value is -3.55. The Morgan fingerprint density at radius 3 is 2.03 bits per heavy atom. The Bertz CT molecular complexity index is 1490. The SMILES string of the molecule is O=C(O)C1=N[N+]2(CC2S(=O)(=O)O)C(=O)/C1=C\C=CC=CC1=C(C(=O)O)N[N+]2(CC2S(=O)(=O)O)C1=O. The van der Waals surface area contributed by atoms with Crippen molar-refractivity contribution in [3.05, 3.63) is 47.2 Å². The highest BCUT2D eigenvalue weighted by Crippen LogP contribution is 2.42. The van der Waals surface area contributed by atoms with E-state index in [4.69, 9.17) is 4.55 Å². The minimum absolute atomic E-state index is 0.377. The van der Waals surface area contributed by atoms with Gasteiger partial charge >= 0.3 is 44.0 Å². The van der Waals surface area contributed by atoms with Crippen LogP contribution in [0, 0.1) is 0 Å². The van der Waals surface area contributed by atoms with E-state index in [0.29, 0.717) is 0 Å². The number of amides is 2. The van der Waals surface area contributed by atoms with Crippen molar-refractivity contribution in [3.63, 3.8) is 0 Å². The van der Waals surface area contributed by atoms with Crippen molar-refractivity contribution < 1.29 is 64.5 Å². The number of allylic oxidation sites excluding steroid dienone is 4. The maximum atomic E-state index is 12.6. The number of rotatable bonds is 7. The first kappa shape index (κ1) is 24.6. The number of carboxylic acids is 2. The first-order valence-corrected chi connectivity index (χ1v) is 12.5. The van der Waals surface area contributed by atoms with Crippen molar-refractivity contribution in [1.29, 1.82) is 0 Å². The third kappa shape index (κ3) is 3.81. The number of hydrogen-bond acceptors (Lipinski definition) is 10. The predicted octanol–water partition coefficient (Wildman–Crippen LogP) is -2.52. The molecule has 0 aromatic carbocycles. The molecule has 18 heteroatoms. The molecule has 4 aliphatic heterocycles. The average molecular weight is 532 g/mol. The first-order valence-electron chi connectivity index (χ1n) is 9.49. The third-order valence-electron chi connectivity index (χ3n) is 5.72. The van der Waals surface area contributed by atoms with Crippen LogP contribution < -0.4 is 5.43 Å². The number of carboxylic acid groups (broad SMARTS) is 2. The summed E-state index contributed by atoms with van der Waals surface area (Å²) in [5.41, 5.74) is 0.133. The molecule has 5 N–H and O–H groups in total. The van der Waals surface area contributed by atoms with Gasteiger partial charge in [-0.3, -0.25) is 9.11 Å². The summed E-state index contributed by atoms with van der Waals surface area (Å²) in [6.07, 6.45) is 5.54. The van der Waals surface area contributed by atoms with Crippen LogP contribution in [0.2, 0.25) is 0 Å². The van der Waals surface area contributed by atoms with Crippen molar-refractivity contribution >= 4 is 49.7 Å². The number of carbonyl (C=O) groups excluding carboxylic acids is 2. The van der Waals surface area contributed by atoms with Crippen molar-refractivity contribution in [2.24, 2.45) is 5.10 Å².